The van der Waals surface area contributed by atoms with Crippen LogP contribution >= 0.6 is 0 Å². The van der Waals surface area contributed by atoms with Crippen molar-refractivity contribution < 1.29 is 26.9 Å². The zero-order chi connectivity index (χ0) is 30.1. The molecule has 1 aliphatic heterocycles. The van der Waals surface area contributed by atoms with E-state index < -0.39 is 24.8 Å². The molecule has 1 aliphatic rings. The molecule has 14 heteroatoms. The maximum atomic E-state index is 14.7. The molecule has 0 unspecified atom stereocenters. The van der Waals surface area contributed by atoms with Gasteiger partial charge in [-0.05, 0) is 37.4 Å². The number of benzene rings is 2. The molecule has 43 heavy (non-hydrogen) atoms. The molecule has 0 radical (unpaired) electrons. The Bertz CT molecular complexity index is 1790. The van der Waals surface area contributed by atoms with E-state index in [2.05, 4.69) is 25.4 Å². The summed E-state index contributed by atoms with van der Waals surface area (Å²) >= 11 is 0. The van der Waals surface area contributed by atoms with Gasteiger partial charge in [-0.3, -0.25) is 9.79 Å². The maximum Gasteiger partial charge on any atom is 0.406 e. The number of rotatable bonds is 7. The van der Waals surface area contributed by atoms with Gasteiger partial charge in [0.1, 0.15) is 18.6 Å². The lowest BCUT2D eigenvalue weighted by Gasteiger charge is -2.26. The standard InChI is InChI=1S/C29H26F4N8O2/c1-39-11-10-22(20(30)14-39)36-21-8-5-9-24-19(21)12-25(41(24)16-29(31,32)33)27-37-26(43-38-27)13-34-28(42)23-15-40(17-35-23)18-6-3-2-4-7-18/h2-9,12,15,17,20H,10-11,13-14,16H2,1H3,(H,34,42)/b36-22+/t20-/m0/s1. The summed E-state index contributed by atoms with van der Waals surface area (Å²) in [5.41, 5.74) is 1.97. The fourth-order valence-electron chi connectivity index (χ4n) is 4.97. The Labute approximate surface area is 242 Å². The van der Waals surface area contributed by atoms with E-state index in [4.69, 9.17) is 4.52 Å². The lowest BCUT2D eigenvalue weighted by molar-refractivity contribution is -0.139. The number of aromatic nitrogens is 5. The van der Waals surface area contributed by atoms with Crippen LogP contribution in [0.5, 0.6) is 0 Å². The van der Waals surface area contributed by atoms with Crippen molar-refractivity contribution in [1.82, 2.24) is 34.5 Å². The highest BCUT2D eigenvalue weighted by Crippen LogP contribution is 2.35. The number of amides is 1. The van der Waals surface area contributed by atoms with Gasteiger partial charge in [0.2, 0.25) is 11.7 Å². The predicted octanol–water partition coefficient (Wildman–Crippen LogP) is 5.12. The fraction of sp³-hybridized carbons (Fsp3) is 0.276. The minimum Gasteiger partial charge on any atom is -0.342 e. The molecular weight excluding hydrogens is 568 g/mol. The largest absolute Gasteiger partial charge is 0.406 e. The van der Waals surface area contributed by atoms with Crippen molar-refractivity contribution in [2.75, 3.05) is 20.1 Å². The van der Waals surface area contributed by atoms with E-state index in [-0.39, 0.29) is 41.7 Å². The molecule has 0 saturated carbocycles. The highest BCUT2D eigenvalue weighted by Gasteiger charge is 2.31. The second-order valence-electron chi connectivity index (χ2n) is 10.2. The number of fused-ring (bicyclic) bond motifs is 1. The number of para-hydroxylation sites is 1. The van der Waals surface area contributed by atoms with E-state index in [0.717, 1.165) is 10.3 Å². The van der Waals surface area contributed by atoms with Crippen LogP contribution in [0.3, 0.4) is 0 Å². The van der Waals surface area contributed by atoms with Crippen LogP contribution in [0, 0.1) is 0 Å². The molecule has 1 amide bonds. The number of nitrogens with zero attached hydrogens (tertiary/aromatic N) is 7. The van der Waals surface area contributed by atoms with Gasteiger partial charge < -0.3 is 23.9 Å². The number of likely N-dealkylation sites (tertiary alicyclic amines) is 1. The number of carbonyl (C=O) groups excluding carboxylic acids is 1. The van der Waals surface area contributed by atoms with Crippen molar-refractivity contribution in [3.05, 3.63) is 78.7 Å². The van der Waals surface area contributed by atoms with E-state index in [9.17, 15) is 22.4 Å². The molecule has 0 bridgehead atoms. The van der Waals surface area contributed by atoms with Gasteiger partial charge >= 0.3 is 6.18 Å². The monoisotopic (exact) mass is 594 g/mol. The SMILES string of the molecule is CN1CC/C(=N\c2cccc3c2cc(-c2noc(CNC(=O)c4cn(-c5ccccc5)cn4)n2)n3CC(F)(F)F)[C@@H](F)C1. The van der Waals surface area contributed by atoms with Crippen LogP contribution in [0.4, 0.5) is 23.2 Å². The number of halogens is 4. The first-order valence-corrected chi connectivity index (χ1v) is 13.4. The van der Waals surface area contributed by atoms with Crippen LogP contribution in [0.25, 0.3) is 28.1 Å². The summed E-state index contributed by atoms with van der Waals surface area (Å²) in [7, 11) is 1.82. The molecule has 1 N–H and O–H groups in total. The van der Waals surface area contributed by atoms with E-state index in [1.807, 2.05) is 42.3 Å². The van der Waals surface area contributed by atoms with Gasteiger partial charge in [-0.15, -0.1) is 0 Å². The second-order valence-corrected chi connectivity index (χ2v) is 10.2. The molecule has 1 fully saturated rings. The molecule has 1 atom stereocenters. The third-order valence-corrected chi connectivity index (χ3v) is 7.07. The van der Waals surface area contributed by atoms with Crippen LogP contribution in [0.1, 0.15) is 22.8 Å². The van der Waals surface area contributed by atoms with Gasteiger partial charge in [0.05, 0.1) is 29.2 Å². The number of hydrogen-bond acceptors (Lipinski definition) is 7. The van der Waals surface area contributed by atoms with Crippen LogP contribution in [0.2, 0.25) is 0 Å². The normalized spacial score (nSPS) is 17.1. The minimum atomic E-state index is -4.55. The smallest absolute Gasteiger partial charge is 0.342 e. The average molecular weight is 595 g/mol. The molecule has 222 valence electrons. The summed E-state index contributed by atoms with van der Waals surface area (Å²) in [6.07, 6.45) is -2.33. The number of alkyl halides is 4. The van der Waals surface area contributed by atoms with Crippen molar-refractivity contribution in [2.24, 2.45) is 4.99 Å². The molecular formula is C29H26F4N8O2. The van der Waals surface area contributed by atoms with Crippen LogP contribution in [0.15, 0.2) is 76.6 Å². The molecule has 10 nitrogen and oxygen atoms in total. The van der Waals surface area contributed by atoms with E-state index in [0.29, 0.717) is 29.8 Å². The average Bonchev–Trinajstić information content (AvgIpc) is 3.73. The highest BCUT2D eigenvalue weighted by molar-refractivity contribution is 5.99. The first-order valence-electron chi connectivity index (χ1n) is 13.4. The molecule has 5 aromatic rings. The number of nitrogens with one attached hydrogen (secondary N) is 1. The molecule has 2 aromatic carbocycles. The summed E-state index contributed by atoms with van der Waals surface area (Å²) < 4.78 is 63.7. The van der Waals surface area contributed by atoms with Crippen LogP contribution in [-0.4, -0.2) is 73.3 Å². The van der Waals surface area contributed by atoms with Gasteiger partial charge in [-0.2, -0.15) is 18.2 Å². The van der Waals surface area contributed by atoms with E-state index in [1.165, 1.54) is 18.5 Å². The van der Waals surface area contributed by atoms with Crippen molar-refractivity contribution >= 4 is 28.2 Å². The summed E-state index contributed by atoms with van der Waals surface area (Å²) in [5.74, 6) is -0.606. The molecule has 1 saturated heterocycles. The first-order chi connectivity index (χ1) is 20.6. The van der Waals surface area contributed by atoms with Crippen molar-refractivity contribution in [3.8, 4) is 17.2 Å². The lowest BCUT2D eigenvalue weighted by Crippen LogP contribution is -2.39. The molecule has 0 aliphatic carbocycles. The predicted molar refractivity (Wildman–Crippen MR) is 150 cm³/mol. The molecule has 3 aromatic heterocycles. The van der Waals surface area contributed by atoms with Gasteiger partial charge in [0.25, 0.3) is 5.91 Å². The fourth-order valence-corrected chi connectivity index (χ4v) is 4.97. The first kappa shape index (κ1) is 28.3. The summed E-state index contributed by atoms with van der Waals surface area (Å²) in [4.78, 5) is 27.4. The van der Waals surface area contributed by atoms with E-state index in [1.54, 1.807) is 22.9 Å². The zero-order valence-corrected chi connectivity index (χ0v) is 22.9. The number of carbonyl (C=O) groups is 1. The number of imidazole rings is 1. The Kier molecular flexibility index (Phi) is 7.52. The topological polar surface area (TPSA) is 106 Å². The zero-order valence-electron chi connectivity index (χ0n) is 22.9. The van der Waals surface area contributed by atoms with Gasteiger partial charge in [-0.25, -0.2) is 9.37 Å². The van der Waals surface area contributed by atoms with Crippen molar-refractivity contribution in [3.63, 3.8) is 0 Å². The summed E-state index contributed by atoms with van der Waals surface area (Å²) in [5, 5.41) is 6.91. The van der Waals surface area contributed by atoms with Crippen molar-refractivity contribution in [1.29, 1.82) is 0 Å². The minimum absolute atomic E-state index is 0.0123. The Hall–Kier alpha value is -4.85. The Morgan fingerprint density at radius 1 is 1.16 bits per heavy atom. The quantitative estimate of drug-likeness (QED) is 0.263. The van der Waals surface area contributed by atoms with Gasteiger partial charge in [0.15, 0.2) is 6.17 Å². The number of piperidine rings is 1. The maximum absolute atomic E-state index is 14.7. The number of hydrogen-bond donors (Lipinski definition) is 1. The van der Waals surface area contributed by atoms with Crippen molar-refractivity contribution in [2.45, 2.75) is 31.9 Å². The number of aliphatic imine (C=N–C) groups is 1. The van der Waals surface area contributed by atoms with Gasteiger partial charge in [-0.1, -0.05) is 29.4 Å². The molecule has 6 rings (SSSR count). The second kappa shape index (κ2) is 11.4. The summed E-state index contributed by atoms with van der Waals surface area (Å²) in [6.45, 7) is -0.652. The third-order valence-electron chi connectivity index (χ3n) is 7.07. The summed E-state index contributed by atoms with van der Waals surface area (Å²) in [6, 6.07) is 15.6. The highest BCUT2D eigenvalue weighted by atomic mass is 19.4. The Morgan fingerprint density at radius 2 is 1.98 bits per heavy atom. The molecule has 4 heterocycles. The third kappa shape index (κ3) is 6.18. The Balaban J connectivity index is 1.26. The lowest BCUT2D eigenvalue weighted by atomic mass is 10.1. The van der Waals surface area contributed by atoms with Gasteiger partial charge in [0, 0.05) is 36.8 Å². The van der Waals surface area contributed by atoms with E-state index >= 15 is 0 Å². The Morgan fingerprint density at radius 3 is 2.74 bits per heavy atom. The van der Waals surface area contributed by atoms with Crippen LogP contribution < -0.4 is 5.32 Å². The van der Waals surface area contributed by atoms with Crippen LogP contribution in [-0.2, 0) is 13.1 Å². The molecule has 0 spiro atoms.